The van der Waals surface area contributed by atoms with Gasteiger partial charge in [0.1, 0.15) is 0 Å². The molecule has 1 aromatic carbocycles. The molecule has 3 heteroatoms. The molecule has 0 radical (unpaired) electrons. The minimum atomic E-state index is -0.214. The molecule has 2 amide bonds. The number of rotatable bonds is 4. The fraction of sp³-hybridized carbons (Fsp3) is 0.588. The molecule has 1 rings (SSSR count). The summed E-state index contributed by atoms with van der Waals surface area (Å²) >= 11 is 0. The SMILES string of the molecule is Cc1ccccc1CNC(=O)NC(C)(C)CC(C)(C)C. The number of aryl methyl sites for hydroxylation is 1. The minimum Gasteiger partial charge on any atom is -0.334 e. The highest BCUT2D eigenvalue weighted by Gasteiger charge is 2.26. The molecule has 0 aliphatic rings. The van der Waals surface area contributed by atoms with Crippen molar-refractivity contribution >= 4 is 6.03 Å². The van der Waals surface area contributed by atoms with Crippen LogP contribution in [-0.4, -0.2) is 11.6 Å². The molecule has 0 aliphatic heterocycles. The van der Waals surface area contributed by atoms with Crippen LogP contribution in [0.3, 0.4) is 0 Å². The van der Waals surface area contributed by atoms with Crippen molar-refractivity contribution < 1.29 is 4.79 Å². The van der Waals surface area contributed by atoms with Crippen LogP contribution in [0.4, 0.5) is 4.79 Å². The Morgan fingerprint density at radius 2 is 1.70 bits per heavy atom. The van der Waals surface area contributed by atoms with Gasteiger partial charge in [-0.1, -0.05) is 45.0 Å². The third-order valence-corrected chi connectivity index (χ3v) is 3.12. The first-order valence-corrected chi connectivity index (χ1v) is 7.20. The molecular weight excluding hydrogens is 248 g/mol. The smallest absolute Gasteiger partial charge is 0.315 e. The number of amides is 2. The van der Waals surface area contributed by atoms with E-state index in [2.05, 4.69) is 58.2 Å². The van der Waals surface area contributed by atoms with E-state index in [0.29, 0.717) is 6.54 Å². The Balaban J connectivity index is 2.50. The highest BCUT2D eigenvalue weighted by Crippen LogP contribution is 2.26. The zero-order chi connectivity index (χ0) is 15.4. The van der Waals surface area contributed by atoms with Gasteiger partial charge in [0, 0.05) is 12.1 Å². The van der Waals surface area contributed by atoms with Gasteiger partial charge in [-0.15, -0.1) is 0 Å². The first kappa shape index (κ1) is 16.5. The molecule has 0 aromatic heterocycles. The van der Waals surface area contributed by atoms with E-state index in [9.17, 15) is 4.79 Å². The van der Waals surface area contributed by atoms with Gasteiger partial charge >= 0.3 is 6.03 Å². The third kappa shape index (κ3) is 6.09. The molecule has 0 saturated carbocycles. The Labute approximate surface area is 123 Å². The molecule has 0 aliphatic carbocycles. The van der Waals surface area contributed by atoms with Gasteiger partial charge in [0.25, 0.3) is 0 Å². The number of hydrogen-bond acceptors (Lipinski definition) is 1. The van der Waals surface area contributed by atoms with Crippen molar-refractivity contribution in [2.24, 2.45) is 5.41 Å². The van der Waals surface area contributed by atoms with Crippen molar-refractivity contribution in [3.63, 3.8) is 0 Å². The highest BCUT2D eigenvalue weighted by atomic mass is 16.2. The Hall–Kier alpha value is -1.51. The lowest BCUT2D eigenvalue weighted by Gasteiger charge is -2.33. The number of carbonyl (C=O) groups is 1. The quantitative estimate of drug-likeness (QED) is 0.857. The van der Waals surface area contributed by atoms with Gasteiger partial charge in [0.05, 0.1) is 0 Å². The summed E-state index contributed by atoms with van der Waals surface area (Å²) in [5.74, 6) is 0. The summed E-state index contributed by atoms with van der Waals surface area (Å²) in [4.78, 5) is 12.0. The van der Waals surface area contributed by atoms with Gasteiger partial charge < -0.3 is 10.6 Å². The van der Waals surface area contributed by atoms with Gasteiger partial charge in [-0.3, -0.25) is 0 Å². The van der Waals surface area contributed by atoms with E-state index in [0.717, 1.165) is 12.0 Å². The lowest BCUT2D eigenvalue weighted by Crippen LogP contribution is -2.49. The van der Waals surface area contributed by atoms with Gasteiger partial charge in [0.2, 0.25) is 0 Å². The van der Waals surface area contributed by atoms with Crippen molar-refractivity contribution in [2.75, 3.05) is 0 Å². The van der Waals surface area contributed by atoms with Crippen LogP contribution < -0.4 is 10.6 Å². The van der Waals surface area contributed by atoms with E-state index in [1.54, 1.807) is 0 Å². The second kappa shape index (κ2) is 6.29. The monoisotopic (exact) mass is 276 g/mol. The topological polar surface area (TPSA) is 41.1 Å². The van der Waals surface area contributed by atoms with Gasteiger partial charge in [0.15, 0.2) is 0 Å². The van der Waals surface area contributed by atoms with Crippen LogP contribution >= 0.6 is 0 Å². The largest absolute Gasteiger partial charge is 0.334 e. The number of hydrogen-bond donors (Lipinski definition) is 2. The minimum absolute atomic E-state index is 0.109. The predicted molar refractivity (Wildman–Crippen MR) is 84.7 cm³/mol. The fourth-order valence-corrected chi connectivity index (χ4v) is 2.71. The first-order chi connectivity index (χ1) is 9.09. The summed E-state index contributed by atoms with van der Waals surface area (Å²) in [7, 11) is 0. The van der Waals surface area contributed by atoms with Crippen LogP contribution in [0, 0.1) is 12.3 Å². The molecule has 1 aromatic rings. The fourth-order valence-electron chi connectivity index (χ4n) is 2.71. The lowest BCUT2D eigenvalue weighted by molar-refractivity contribution is 0.210. The van der Waals surface area contributed by atoms with Gasteiger partial charge in [-0.05, 0) is 43.7 Å². The predicted octanol–water partition coefficient (Wildman–Crippen LogP) is 4.01. The standard InChI is InChI=1S/C17H28N2O/c1-13-9-7-8-10-14(13)11-18-15(20)19-17(5,6)12-16(2,3)4/h7-10H,11-12H2,1-6H3,(H2,18,19,20). The molecule has 2 N–H and O–H groups in total. The van der Waals surface area contributed by atoms with Gasteiger partial charge in [-0.25, -0.2) is 4.79 Å². The summed E-state index contributed by atoms with van der Waals surface area (Å²) in [5, 5.41) is 5.98. The summed E-state index contributed by atoms with van der Waals surface area (Å²) in [6, 6.07) is 7.98. The molecule has 0 fully saturated rings. The number of benzene rings is 1. The van der Waals surface area contributed by atoms with Crippen molar-refractivity contribution in [3.05, 3.63) is 35.4 Å². The van der Waals surface area contributed by atoms with Crippen LogP contribution in [0.15, 0.2) is 24.3 Å². The molecule has 20 heavy (non-hydrogen) atoms. The highest BCUT2D eigenvalue weighted by molar-refractivity contribution is 5.74. The summed E-state index contributed by atoms with van der Waals surface area (Å²) in [6.45, 7) is 13.3. The number of nitrogens with one attached hydrogen (secondary N) is 2. The second-order valence-corrected chi connectivity index (χ2v) is 7.36. The Morgan fingerprint density at radius 1 is 1.10 bits per heavy atom. The van der Waals surface area contributed by atoms with E-state index in [4.69, 9.17) is 0 Å². The van der Waals surface area contributed by atoms with E-state index < -0.39 is 0 Å². The molecule has 0 bridgehead atoms. The molecule has 0 unspecified atom stereocenters. The molecule has 0 spiro atoms. The average molecular weight is 276 g/mol. The zero-order valence-electron chi connectivity index (χ0n) is 13.6. The summed E-state index contributed by atoms with van der Waals surface area (Å²) < 4.78 is 0. The molecule has 3 nitrogen and oxygen atoms in total. The third-order valence-electron chi connectivity index (χ3n) is 3.12. The Bertz CT molecular complexity index is 458. The number of urea groups is 1. The van der Waals surface area contributed by atoms with Crippen LogP contribution in [0.2, 0.25) is 0 Å². The lowest BCUT2D eigenvalue weighted by atomic mass is 9.82. The van der Waals surface area contributed by atoms with Crippen LogP contribution in [-0.2, 0) is 6.54 Å². The maximum Gasteiger partial charge on any atom is 0.315 e. The van der Waals surface area contributed by atoms with Crippen molar-refractivity contribution in [3.8, 4) is 0 Å². The molecule has 0 saturated heterocycles. The molecular formula is C17H28N2O. The average Bonchev–Trinajstić information content (AvgIpc) is 2.23. The van der Waals surface area contributed by atoms with Crippen molar-refractivity contribution in [1.82, 2.24) is 10.6 Å². The first-order valence-electron chi connectivity index (χ1n) is 7.20. The van der Waals surface area contributed by atoms with E-state index >= 15 is 0 Å². The van der Waals surface area contributed by atoms with Crippen LogP contribution in [0.5, 0.6) is 0 Å². The summed E-state index contributed by atoms with van der Waals surface area (Å²) in [6.07, 6.45) is 0.928. The Kier molecular flexibility index (Phi) is 5.21. The van der Waals surface area contributed by atoms with E-state index in [-0.39, 0.29) is 17.0 Å². The Morgan fingerprint density at radius 3 is 2.25 bits per heavy atom. The van der Waals surface area contributed by atoms with Crippen molar-refractivity contribution in [1.29, 1.82) is 0 Å². The maximum atomic E-state index is 12.0. The van der Waals surface area contributed by atoms with E-state index in [1.165, 1.54) is 5.56 Å². The molecule has 0 atom stereocenters. The maximum absolute atomic E-state index is 12.0. The van der Waals surface area contributed by atoms with Crippen LogP contribution in [0.1, 0.15) is 52.2 Å². The van der Waals surface area contributed by atoms with Crippen LogP contribution in [0.25, 0.3) is 0 Å². The molecule has 0 heterocycles. The molecule has 112 valence electrons. The van der Waals surface area contributed by atoms with E-state index in [1.807, 2.05) is 18.2 Å². The normalized spacial score (nSPS) is 12.1. The number of carbonyl (C=O) groups excluding carboxylic acids is 1. The zero-order valence-corrected chi connectivity index (χ0v) is 13.6. The summed E-state index contributed by atoms with van der Waals surface area (Å²) in [5.41, 5.74) is 2.32. The van der Waals surface area contributed by atoms with Gasteiger partial charge in [-0.2, -0.15) is 0 Å². The second-order valence-electron chi connectivity index (χ2n) is 7.36. The van der Waals surface area contributed by atoms with Crippen molar-refractivity contribution in [2.45, 2.75) is 60.0 Å².